The van der Waals surface area contributed by atoms with Crippen molar-refractivity contribution in [1.29, 1.82) is 0 Å². The van der Waals surface area contributed by atoms with E-state index < -0.39 is 12.1 Å². The van der Waals surface area contributed by atoms with Gasteiger partial charge in [-0.2, -0.15) is 0 Å². The Morgan fingerprint density at radius 2 is 1.68 bits per heavy atom. The Balaban J connectivity index is 1.69. The van der Waals surface area contributed by atoms with Crippen LogP contribution in [0.15, 0.2) is 60.7 Å². The quantitative estimate of drug-likeness (QED) is 0.646. The standard InChI is InChI=1S/C23H22N2O3/c1-16-15-19(18-11-5-6-12-20(18)24-16)23(27)28-21(17-9-3-2-4-10-17)22(26)25-13-7-8-14-25/h2-6,9-12,15,21H,7-8,13-14H2,1H3/t21-/m1/s1. The molecule has 1 atom stereocenters. The highest BCUT2D eigenvalue weighted by Gasteiger charge is 2.31. The minimum Gasteiger partial charge on any atom is -0.444 e. The van der Waals surface area contributed by atoms with E-state index in [4.69, 9.17) is 4.74 Å². The van der Waals surface area contributed by atoms with Crippen LogP contribution in [0.2, 0.25) is 0 Å². The van der Waals surface area contributed by atoms with E-state index in [0.717, 1.165) is 29.4 Å². The van der Waals surface area contributed by atoms with Gasteiger partial charge in [0.05, 0.1) is 11.1 Å². The normalized spacial score (nSPS) is 14.8. The van der Waals surface area contributed by atoms with Gasteiger partial charge in [0.25, 0.3) is 5.91 Å². The van der Waals surface area contributed by atoms with Crippen molar-refractivity contribution < 1.29 is 14.3 Å². The number of carbonyl (C=O) groups excluding carboxylic acids is 2. The number of likely N-dealkylation sites (tertiary alicyclic amines) is 1. The summed E-state index contributed by atoms with van der Waals surface area (Å²) in [5, 5.41) is 0.721. The number of ether oxygens (including phenoxy) is 1. The minimum atomic E-state index is -0.945. The molecule has 142 valence electrons. The molecule has 1 aromatic heterocycles. The number of esters is 1. The molecule has 0 aliphatic carbocycles. The fourth-order valence-electron chi connectivity index (χ4n) is 3.64. The van der Waals surface area contributed by atoms with Crippen molar-refractivity contribution in [3.05, 3.63) is 77.5 Å². The summed E-state index contributed by atoms with van der Waals surface area (Å²) in [4.78, 5) is 32.4. The zero-order valence-electron chi connectivity index (χ0n) is 15.8. The Kier molecular flexibility index (Phi) is 5.06. The summed E-state index contributed by atoms with van der Waals surface area (Å²) < 4.78 is 5.80. The fraction of sp³-hybridized carbons (Fsp3) is 0.261. The second kappa shape index (κ2) is 7.80. The molecule has 0 N–H and O–H groups in total. The number of aromatic nitrogens is 1. The van der Waals surface area contributed by atoms with E-state index in [1.54, 1.807) is 11.0 Å². The average molecular weight is 374 g/mol. The number of carbonyl (C=O) groups is 2. The first-order valence-electron chi connectivity index (χ1n) is 9.54. The van der Waals surface area contributed by atoms with Crippen molar-refractivity contribution in [3.63, 3.8) is 0 Å². The zero-order chi connectivity index (χ0) is 19.5. The molecular formula is C23H22N2O3. The smallest absolute Gasteiger partial charge is 0.340 e. The van der Waals surface area contributed by atoms with Gasteiger partial charge in [0.1, 0.15) is 0 Å². The first-order chi connectivity index (χ1) is 13.6. The maximum Gasteiger partial charge on any atom is 0.340 e. The molecule has 0 radical (unpaired) electrons. The van der Waals surface area contributed by atoms with Crippen LogP contribution >= 0.6 is 0 Å². The number of hydrogen-bond donors (Lipinski definition) is 0. The van der Waals surface area contributed by atoms with E-state index in [0.29, 0.717) is 24.2 Å². The van der Waals surface area contributed by atoms with Crippen LogP contribution in [0.25, 0.3) is 10.9 Å². The Morgan fingerprint density at radius 3 is 2.43 bits per heavy atom. The van der Waals surface area contributed by atoms with Gasteiger partial charge in [0, 0.05) is 29.7 Å². The van der Waals surface area contributed by atoms with Gasteiger partial charge in [-0.15, -0.1) is 0 Å². The highest BCUT2D eigenvalue weighted by molar-refractivity contribution is 6.04. The number of benzene rings is 2. The van der Waals surface area contributed by atoms with Crippen LogP contribution in [0.4, 0.5) is 0 Å². The summed E-state index contributed by atoms with van der Waals surface area (Å²) in [6.07, 6.45) is 1.02. The lowest BCUT2D eigenvalue weighted by Gasteiger charge is -2.23. The van der Waals surface area contributed by atoms with Gasteiger partial charge in [-0.1, -0.05) is 48.5 Å². The van der Waals surface area contributed by atoms with E-state index in [-0.39, 0.29) is 5.91 Å². The third-order valence-electron chi connectivity index (χ3n) is 5.03. The van der Waals surface area contributed by atoms with Crippen LogP contribution in [-0.2, 0) is 9.53 Å². The zero-order valence-corrected chi connectivity index (χ0v) is 15.8. The number of nitrogens with zero attached hydrogens (tertiary/aromatic N) is 2. The maximum atomic E-state index is 13.1. The van der Waals surface area contributed by atoms with Gasteiger partial charge in [0.15, 0.2) is 0 Å². The predicted molar refractivity (Wildman–Crippen MR) is 107 cm³/mol. The van der Waals surface area contributed by atoms with E-state index in [1.165, 1.54) is 0 Å². The SMILES string of the molecule is Cc1cc(C(=O)O[C@@H](C(=O)N2CCCC2)c2ccccc2)c2ccccc2n1. The summed E-state index contributed by atoms with van der Waals surface area (Å²) in [6, 6.07) is 18.4. The molecule has 2 aromatic carbocycles. The van der Waals surface area contributed by atoms with Gasteiger partial charge in [0.2, 0.25) is 6.10 Å². The van der Waals surface area contributed by atoms with Gasteiger partial charge in [-0.05, 0) is 31.9 Å². The molecule has 5 nitrogen and oxygen atoms in total. The van der Waals surface area contributed by atoms with Crippen molar-refractivity contribution in [2.75, 3.05) is 13.1 Å². The van der Waals surface area contributed by atoms with Crippen molar-refractivity contribution in [2.24, 2.45) is 0 Å². The summed E-state index contributed by atoms with van der Waals surface area (Å²) >= 11 is 0. The molecule has 4 rings (SSSR count). The Morgan fingerprint density at radius 1 is 1.00 bits per heavy atom. The van der Waals surface area contributed by atoms with E-state index in [2.05, 4.69) is 4.98 Å². The molecule has 0 unspecified atom stereocenters. The molecule has 1 fully saturated rings. The number of rotatable bonds is 4. The Bertz CT molecular complexity index is 1010. The molecule has 5 heteroatoms. The number of pyridine rings is 1. The molecule has 1 aliphatic rings. The maximum absolute atomic E-state index is 13.1. The lowest BCUT2D eigenvalue weighted by molar-refractivity contribution is -0.140. The topological polar surface area (TPSA) is 59.5 Å². The van der Waals surface area contributed by atoms with Crippen LogP contribution < -0.4 is 0 Å². The number of amides is 1. The van der Waals surface area contributed by atoms with Crippen LogP contribution in [0.1, 0.15) is 40.6 Å². The van der Waals surface area contributed by atoms with Gasteiger partial charge in [-0.3, -0.25) is 9.78 Å². The highest BCUT2D eigenvalue weighted by Crippen LogP contribution is 2.26. The van der Waals surface area contributed by atoms with Crippen molar-refractivity contribution >= 4 is 22.8 Å². The number of para-hydroxylation sites is 1. The highest BCUT2D eigenvalue weighted by atomic mass is 16.5. The second-order valence-corrected chi connectivity index (χ2v) is 7.06. The minimum absolute atomic E-state index is 0.160. The first-order valence-corrected chi connectivity index (χ1v) is 9.54. The summed E-state index contributed by atoms with van der Waals surface area (Å²) in [7, 11) is 0. The fourth-order valence-corrected chi connectivity index (χ4v) is 3.64. The molecule has 1 aliphatic heterocycles. The molecule has 1 amide bonds. The van der Waals surface area contributed by atoms with Gasteiger partial charge >= 0.3 is 5.97 Å². The van der Waals surface area contributed by atoms with E-state index in [1.807, 2.05) is 61.5 Å². The third-order valence-corrected chi connectivity index (χ3v) is 5.03. The van der Waals surface area contributed by atoms with Crippen molar-refractivity contribution in [1.82, 2.24) is 9.88 Å². The summed E-state index contributed by atoms with van der Waals surface area (Å²) in [5.41, 5.74) is 2.57. The molecule has 1 saturated heterocycles. The number of fused-ring (bicyclic) bond motifs is 1. The molecule has 0 spiro atoms. The van der Waals surface area contributed by atoms with Gasteiger partial charge in [-0.25, -0.2) is 4.79 Å². The van der Waals surface area contributed by atoms with Crippen LogP contribution in [0.3, 0.4) is 0 Å². The summed E-state index contributed by atoms with van der Waals surface area (Å²) in [6.45, 7) is 3.25. The second-order valence-electron chi connectivity index (χ2n) is 7.06. The Hall–Kier alpha value is -3.21. The van der Waals surface area contributed by atoms with Crippen LogP contribution in [0.5, 0.6) is 0 Å². The molecule has 0 saturated carbocycles. The van der Waals surface area contributed by atoms with Crippen molar-refractivity contribution in [2.45, 2.75) is 25.9 Å². The van der Waals surface area contributed by atoms with E-state index >= 15 is 0 Å². The Labute approximate surface area is 163 Å². The molecular weight excluding hydrogens is 352 g/mol. The summed E-state index contributed by atoms with van der Waals surface area (Å²) in [5.74, 6) is -0.671. The first kappa shape index (κ1) is 18.2. The average Bonchev–Trinajstić information content (AvgIpc) is 3.26. The monoisotopic (exact) mass is 374 g/mol. The van der Waals surface area contributed by atoms with Crippen LogP contribution in [-0.4, -0.2) is 34.8 Å². The number of hydrogen-bond acceptors (Lipinski definition) is 4. The lowest BCUT2D eigenvalue weighted by atomic mass is 10.1. The molecule has 3 aromatic rings. The van der Waals surface area contributed by atoms with E-state index in [9.17, 15) is 9.59 Å². The lowest BCUT2D eigenvalue weighted by Crippen LogP contribution is -2.34. The van der Waals surface area contributed by atoms with Gasteiger partial charge < -0.3 is 9.64 Å². The van der Waals surface area contributed by atoms with Crippen molar-refractivity contribution in [3.8, 4) is 0 Å². The molecule has 0 bridgehead atoms. The molecule has 2 heterocycles. The number of aryl methyl sites for hydroxylation is 1. The molecule has 28 heavy (non-hydrogen) atoms. The largest absolute Gasteiger partial charge is 0.444 e. The predicted octanol–water partition coefficient (Wildman–Crippen LogP) is 4.06. The van der Waals surface area contributed by atoms with Crippen LogP contribution in [0, 0.1) is 6.92 Å². The third kappa shape index (κ3) is 3.60.